The number of nitrogens with two attached hydrogens (primary N) is 2. The first-order chi connectivity index (χ1) is 21.5. The highest BCUT2D eigenvalue weighted by atomic mass is 16.4. The number of primary amides is 1. The van der Waals surface area contributed by atoms with Crippen LogP contribution in [0.3, 0.4) is 0 Å². The van der Waals surface area contributed by atoms with Gasteiger partial charge in [-0.2, -0.15) is 0 Å². The van der Waals surface area contributed by atoms with Crippen molar-refractivity contribution in [2.24, 2.45) is 11.5 Å². The van der Waals surface area contributed by atoms with E-state index in [-0.39, 0.29) is 25.0 Å². The second kappa shape index (κ2) is 14.7. The fraction of sp³-hybridized carbons (Fsp3) is 0.267. The van der Waals surface area contributed by atoms with E-state index >= 15 is 0 Å². The summed E-state index contributed by atoms with van der Waals surface area (Å²) in [5, 5.41) is 27.4. The Morgan fingerprint density at radius 1 is 0.822 bits per heavy atom. The van der Waals surface area contributed by atoms with Gasteiger partial charge in [0.25, 0.3) is 0 Å². The first-order valence-corrected chi connectivity index (χ1v) is 14.0. The van der Waals surface area contributed by atoms with E-state index in [0.29, 0.717) is 16.8 Å². The molecule has 0 bridgehead atoms. The number of carboxylic acid groups (broad SMARTS) is 1. The zero-order chi connectivity index (χ0) is 32.5. The molecule has 0 saturated heterocycles. The Kier molecular flexibility index (Phi) is 10.5. The van der Waals surface area contributed by atoms with Gasteiger partial charge in [-0.25, -0.2) is 9.78 Å². The van der Waals surface area contributed by atoms with Gasteiger partial charge in [0.2, 0.25) is 23.6 Å². The van der Waals surface area contributed by atoms with Gasteiger partial charge in [0.05, 0.1) is 18.8 Å². The maximum atomic E-state index is 13.7. The van der Waals surface area contributed by atoms with Crippen LogP contribution in [0.5, 0.6) is 5.75 Å². The number of aliphatic carboxylic acids is 1. The van der Waals surface area contributed by atoms with Crippen LogP contribution < -0.4 is 27.4 Å². The van der Waals surface area contributed by atoms with Gasteiger partial charge in [0, 0.05) is 41.8 Å². The highest BCUT2D eigenvalue weighted by molar-refractivity contribution is 5.96. The average molecular weight is 619 g/mol. The number of nitrogens with zero attached hydrogens (tertiary/aromatic N) is 1. The molecule has 0 aliphatic heterocycles. The van der Waals surface area contributed by atoms with Crippen molar-refractivity contribution < 1.29 is 34.2 Å². The Morgan fingerprint density at radius 2 is 1.49 bits per heavy atom. The molecule has 11 N–H and O–H groups in total. The van der Waals surface area contributed by atoms with Crippen molar-refractivity contribution in [3.8, 4) is 5.75 Å². The lowest BCUT2D eigenvalue weighted by molar-refractivity contribution is -0.142. The van der Waals surface area contributed by atoms with Gasteiger partial charge < -0.3 is 47.6 Å². The molecule has 4 aromatic rings. The summed E-state index contributed by atoms with van der Waals surface area (Å²) in [5.74, 6) is -4.68. The van der Waals surface area contributed by atoms with E-state index in [1.54, 1.807) is 18.3 Å². The van der Waals surface area contributed by atoms with Gasteiger partial charge in [-0.15, -0.1) is 0 Å². The van der Waals surface area contributed by atoms with Crippen LogP contribution in [0.1, 0.15) is 23.2 Å². The monoisotopic (exact) mass is 618 g/mol. The molecule has 4 unspecified atom stereocenters. The maximum Gasteiger partial charge on any atom is 0.326 e. The molecule has 236 valence electrons. The second-order valence-electron chi connectivity index (χ2n) is 10.5. The molecule has 0 aliphatic carbocycles. The Hall–Kier alpha value is -5.70. The van der Waals surface area contributed by atoms with E-state index < -0.39 is 60.2 Å². The molecular weight excluding hydrogens is 584 g/mol. The summed E-state index contributed by atoms with van der Waals surface area (Å²) in [6.07, 6.45) is 3.75. The largest absolute Gasteiger partial charge is 0.508 e. The maximum absolute atomic E-state index is 13.7. The Balaban J connectivity index is 1.53. The van der Waals surface area contributed by atoms with Crippen LogP contribution in [-0.4, -0.2) is 78.9 Å². The van der Waals surface area contributed by atoms with Gasteiger partial charge in [-0.1, -0.05) is 30.3 Å². The number of aromatic amines is 2. The summed E-state index contributed by atoms with van der Waals surface area (Å²) in [6.45, 7) is 0. The molecule has 0 spiro atoms. The van der Waals surface area contributed by atoms with E-state index in [9.17, 15) is 34.2 Å². The lowest BCUT2D eigenvalue weighted by Crippen LogP contribution is -2.58. The zero-order valence-electron chi connectivity index (χ0n) is 24.0. The number of carbonyl (C=O) groups is 5. The molecule has 0 aliphatic rings. The minimum Gasteiger partial charge on any atom is -0.508 e. The number of hydrogen-bond acceptors (Lipinski definition) is 8. The average Bonchev–Trinajstić information content (AvgIpc) is 3.67. The predicted molar refractivity (Wildman–Crippen MR) is 161 cm³/mol. The molecule has 4 rings (SSSR count). The Bertz CT molecular complexity index is 1650. The van der Waals surface area contributed by atoms with Crippen molar-refractivity contribution in [3.63, 3.8) is 0 Å². The van der Waals surface area contributed by atoms with Crippen molar-refractivity contribution in [1.29, 1.82) is 0 Å². The zero-order valence-corrected chi connectivity index (χ0v) is 24.0. The fourth-order valence-electron chi connectivity index (χ4n) is 4.76. The van der Waals surface area contributed by atoms with Crippen LogP contribution in [0.25, 0.3) is 10.9 Å². The molecule has 2 aromatic carbocycles. The topological polar surface area (TPSA) is 258 Å². The lowest BCUT2D eigenvalue weighted by atomic mass is 10.0. The van der Waals surface area contributed by atoms with Gasteiger partial charge in [-0.3, -0.25) is 19.2 Å². The first-order valence-electron chi connectivity index (χ1n) is 14.0. The van der Waals surface area contributed by atoms with E-state index in [2.05, 4.69) is 30.9 Å². The SMILES string of the molecule is NC(=O)CC(NC(=O)C(Cc1c[nH]c2ccccc12)NC(=O)C(N)Cc1ccc(O)cc1)C(=O)NC(Cc1cnc[nH]1)C(=O)O. The van der Waals surface area contributed by atoms with E-state index in [0.717, 1.165) is 10.9 Å². The van der Waals surface area contributed by atoms with Crippen molar-refractivity contribution in [2.75, 3.05) is 0 Å². The number of aromatic nitrogens is 3. The number of aromatic hydroxyl groups is 1. The fourth-order valence-corrected chi connectivity index (χ4v) is 4.76. The summed E-state index contributed by atoms with van der Waals surface area (Å²) in [7, 11) is 0. The minimum absolute atomic E-state index is 0.0179. The van der Waals surface area contributed by atoms with Crippen molar-refractivity contribution in [3.05, 3.63) is 84.1 Å². The van der Waals surface area contributed by atoms with Gasteiger partial charge >= 0.3 is 5.97 Å². The van der Waals surface area contributed by atoms with Crippen LogP contribution in [0.15, 0.2) is 67.3 Å². The number of carbonyl (C=O) groups excluding carboxylic acids is 4. The van der Waals surface area contributed by atoms with Gasteiger partial charge in [0.15, 0.2) is 0 Å². The molecule has 0 radical (unpaired) electrons. The smallest absolute Gasteiger partial charge is 0.326 e. The van der Waals surface area contributed by atoms with Gasteiger partial charge in [-0.05, 0) is 35.7 Å². The first kappa shape index (κ1) is 32.2. The van der Waals surface area contributed by atoms with Crippen LogP contribution in [-0.2, 0) is 43.2 Å². The highest BCUT2D eigenvalue weighted by Gasteiger charge is 2.32. The molecule has 15 heteroatoms. The molecule has 4 amide bonds. The number of nitrogens with one attached hydrogen (secondary N) is 5. The van der Waals surface area contributed by atoms with Crippen LogP contribution >= 0.6 is 0 Å². The van der Waals surface area contributed by atoms with Crippen molar-refractivity contribution in [2.45, 2.75) is 49.9 Å². The van der Waals surface area contributed by atoms with E-state index in [1.807, 2.05) is 24.3 Å². The lowest BCUT2D eigenvalue weighted by Gasteiger charge is -2.25. The van der Waals surface area contributed by atoms with Crippen LogP contribution in [0, 0.1) is 0 Å². The number of H-pyrrole nitrogens is 2. The van der Waals surface area contributed by atoms with Gasteiger partial charge in [0.1, 0.15) is 23.9 Å². The number of benzene rings is 2. The third-order valence-corrected chi connectivity index (χ3v) is 7.09. The number of hydrogen-bond donors (Lipinski definition) is 9. The molecule has 2 aromatic heterocycles. The normalized spacial score (nSPS) is 13.7. The van der Waals surface area contributed by atoms with Crippen LogP contribution in [0.2, 0.25) is 0 Å². The number of imidazole rings is 1. The number of para-hydroxylation sites is 1. The highest BCUT2D eigenvalue weighted by Crippen LogP contribution is 2.19. The molecule has 45 heavy (non-hydrogen) atoms. The number of rotatable bonds is 15. The summed E-state index contributed by atoms with van der Waals surface area (Å²) in [4.78, 5) is 73.4. The van der Waals surface area contributed by atoms with Crippen molar-refractivity contribution >= 4 is 40.5 Å². The molecule has 15 nitrogen and oxygen atoms in total. The molecule has 0 saturated carbocycles. The number of fused-ring (bicyclic) bond motifs is 1. The molecule has 2 heterocycles. The summed E-state index contributed by atoms with van der Waals surface area (Å²) in [6, 6.07) is 8.18. The number of phenols is 1. The molecule has 4 atom stereocenters. The number of carboxylic acids is 1. The second-order valence-corrected chi connectivity index (χ2v) is 10.5. The van der Waals surface area contributed by atoms with Crippen LogP contribution in [0.4, 0.5) is 0 Å². The predicted octanol–water partition coefficient (Wildman–Crippen LogP) is -0.634. The third kappa shape index (κ3) is 8.90. The Morgan fingerprint density at radius 3 is 2.16 bits per heavy atom. The minimum atomic E-state index is -1.55. The van der Waals surface area contributed by atoms with E-state index in [1.165, 1.54) is 24.7 Å². The Labute approximate surface area is 256 Å². The number of phenolic OH excluding ortho intramolecular Hbond substituents is 1. The molecule has 0 fully saturated rings. The van der Waals surface area contributed by atoms with E-state index in [4.69, 9.17) is 11.5 Å². The third-order valence-electron chi connectivity index (χ3n) is 7.09. The summed E-state index contributed by atoms with van der Waals surface area (Å²) >= 11 is 0. The van der Waals surface area contributed by atoms with Crippen molar-refractivity contribution in [1.82, 2.24) is 30.9 Å². The quantitative estimate of drug-likeness (QED) is 0.0820. The standard InChI is InChI=1S/C30H34N8O7/c31-21(9-16-5-7-19(39)8-6-16)27(41)36-23(10-17-13-34-22-4-2-1-3-20(17)22)28(42)37-24(12-26(32)40)29(43)38-25(30(44)45)11-18-14-33-15-35-18/h1-8,13-15,21,23-25,34,39H,9-12,31H2,(H2,32,40)(H,33,35)(H,36,41)(H,37,42)(H,38,43)(H,44,45). The molecular formula is C30H34N8O7. The number of amides is 4. The summed E-state index contributed by atoms with van der Waals surface area (Å²) < 4.78 is 0. The summed E-state index contributed by atoms with van der Waals surface area (Å²) in [5.41, 5.74) is 14.1.